The summed E-state index contributed by atoms with van der Waals surface area (Å²) < 4.78 is 5.76. The Bertz CT molecular complexity index is 238. The fourth-order valence-electron chi connectivity index (χ4n) is 2.10. The van der Waals surface area contributed by atoms with Gasteiger partial charge in [-0.25, -0.2) is 0 Å². The van der Waals surface area contributed by atoms with Gasteiger partial charge in [0.25, 0.3) is 0 Å². The summed E-state index contributed by atoms with van der Waals surface area (Å²) in [5, 5.41) is 3.16. The number of nitrogens with zero attached hydrogens (tertiary/aromatic N) is 1. The average Bonchev–Trinajstić information content (AvgIpc) is 3.10. The van der Waals surface area contributed by atoms with Gasteiger partial charge in [-0.05, 0) is 25.7 Å². The molecule has 0 aromatic carbocycles. The van der Waals surface area contributed by atoms with Crippen LogP contribution in [0.1, 0.15) is 44.9 Å². The van der Waals surface area contributed by atoms with Crippen molar-refractivity contribution in [2.24, 2.45) is 10.7 Å². The van der Waals surface area contributed by atoms with Crippen LogP contribution in [0.3, 0.4) is 0 Å². The molecule has 2 aliphatic rings. The topological polar surface area (TPSA) is 59.6 Å². The standard InChI is InChI=1S/C12H23N3O.BrH/c13-12(15-10-6-7-10)14-8-9-16-11-4-2-1-3-5-11;/h10-11H,1-9H2,(H3,13,14,15);1H. The van der Waals surface area contributed by atoms with Gasteiger partial charge in [0.15, 0.2) is 5.96 Å². The number of hydrogen-bond donors (Lipinski definition) is 2. The normalized spacial score (nSPS) is 22.0. The molecule has 2 fully saturated rings. The van der Waals surface area contributed by atoms with Gasteiger partial charge < -0.3 is 15.8 Å². The maximum atomic E-state index is 5.76. The molecule has 3 N–H and O–H groups in total. The summed E-state index contributed by atoms with van der Waals surface area (Å²) in [5.41, 5.74) is 5.72. The largest absolute Gasteiger partial charge is 0.376 e. The van der Waals surface area contributed by atoms with E-state index < -0.39 is 0 Å². The third kappa shape index (κ3) is 6.27. The Morgan fingerprint density at radius 3 is 2.53 bits per heavy atom. The molecule has 0 spiro atoms. The lowest BCUT2D eigenvalue weighted by atomic mass is 9.98. The number of nitrogens with one attached hydrogen (secondary N) is 1. The Morgan fingerprint density at radius 2 is 1.88 bits per heavy atom. The van der Waals surface area contributed by atoms with E-state index in [1.807, 2.05) is 0 Å². The molecule has 17 heavy (non-hydrogen) atoms. The minimum absolute atomic E-state index is 0. The summed E-state index contributed by atoms with van der Waals surface area (Å²) >= 11 is 0. The molecule has 2 rings (SSSR count). The van der Waals surface area contributed by atoms with Gasteiger partial charge in [0.2, 0.25) is 0 Å². The fourth-order valence-corrected chi connectivity index (χ4v) is 2.10. The van der Waals surface area contributed by atoms with Gasteiger partial charge >= 0.3 is 0 Å². The van der Waals surface area contributed by atoms with Crippen LogP contribution in [0.15, 0.2) is 4.99 Å². The Kier molecular flexibility index (Phi) is 6.89. The van der Waals surface area contributed by atoms with Gasteiger partial charge in [-0.3, -0.25) is 4.99 Å². The van der Waals surface area contributed by atoms with Gasteiger partial charge in [-0.15, -0.1) is 17.0 Å². The zero-order valence-corrected chi connectivity index (χ0v) is 12.1. The van der Waals surface area contributed by atoms with Crippen molar-refractivity contribution in [3.63, 3.8) is 0 Å². The Labute approximate surface area is 114 Å². The second-order valence-corrected chi connectivity index (χ2v) is 4.82. The summed E-state index contributed by atoms with van der Waals surface area (Å²) in [6.07, 6.45) is 9.39. The van der Waals surface area contributed by atoms with Crippen molar-refractivity contribution in [1.82, 2.24) is 5.32 Å². The van der Waals surface area contributed by atoms with Crippen LogP contribution < -0.4 is 11.1 Å². The molecular formula is C12H24BrN3O. The van der Waals surface area contributed by atoms with Crippen molar-refractivity contribution in [1.29, 1.82) is 0 Å². The van der Waals surface area contributed by atoms with E-state index in [9.17, 15) is 0 Å². The molecule has 0 heterocycles. The van der Waals surface area contributed by atoms with Crippen LogP contribution in [-0.2, 0) is 4.74 Å². The van der Waals surface area contributed by atoms with Crippen molar-refractivity contribution in [2.45, 2.75) is 57.1 Å². The van der Waals surface area contributed by atoms with E-state index in [2.05, 4.69) is 10.3 Å². The summed E-state index contributed by atoms with van der Waals surface area (Å²) in [4.78, 5) is 4.25. The first-order valence-electron chi connectivity index (χ1n) is 6.52. The Morgan fingerprint density at radius 1 is 1.18 bits per heavy atom. The van der Waals surface area contributed by atoms with Crippen LogP contribution in [-0.4, -0.2) is 31.3 Å². The molecular weight excluding hydrogens is 282 g/mol. The highest BCUT2D eigenvalue weighted by molar-refractivity contribution is 8.93. The molecule has 0 aromatic rings. The van der Waals surface area contributed by atoms with Gasteiger partial charge in [-0.1, -0.05) is 19.3 Å². The quantitative estimate of drug-likeness (QED) is 0.464. The number of nitrogens with two attached hydrogens (primary N) is 1. The molecule has 0 aliphatic heterocycles. The zero-order valence-electron chi connectivity index (χ0n) is 10.4. The van der Waals surface area contributed by atoms with E-state index in [-0.39, 0.29) is 17.0 Å². The predicted octanol–water partition coefficient (Wildman–Crippen LogP) is 1.98. The van der Waals surface area contributed by atoms with Crippen molar-refractivity contribution in [2.75, 3.05) is 13.2 Å². The molecule has 2 saturated carbocycles. The molecule has 0 saturated heterocycles. The zero-order chi connectivity index (χ0) is 11.2. The first kappa shape index (κ1) is 14.8. The first-order valence-corrected chi connectivity index (χ1v) is 6.52. The highest BCUT2D eigenvalue weighted by Gasteiger charge is 2.21. The van der Waals surface area contributed by atoms with Gasteiger partial charge in [0.05, 0.1) is 19.3 Å². The number of hydrogen-bond acceptors (Lipinski definition) is 2. The third-order valence-corrected chi connectivity index (χ3v) is 3.21. The summed E-state index contributed by atoms with van der Waals surface area (Å²) in [5.74, 6) is 0.578. The smallest absolute Gasteiger partial charge is 0.188 e. The second kappa shape index (κ2) is 7.93. The van der Waals surface area contributed by atoms with Crippen LogP contribution in [0, 0.1) is 0 Å². The van der Waals surface area contributed by atoms with Crippen LogP contribution >= 0.6 is 17.0 Å². The number of ether oxygens (including phenoxy) is 1. The first-order chi connectivity index (χ1) is 7.84. The van der Waals surface area contributed by atoms with E-state index >= 15 is 0 Å². The van der Waals surface area contributed by atoms with Gasteiger partial charge in [0.1, 0.15) is 0 Å². The fraction of sp³-hybridized carbons (Fsp3) is 0.917. The molecule has 0 aromatic heterocycles. The molecule has 0 unspecified atom stereocenters. The lowest BCUT2D eigenvalue weighted by Crippen LogP contribution is -2.33. The number of rotatable bonds is 5. The lowest BCUT2D eigenvalue weighted by molar-refractivity contribution is 0.0334. The second-order valence-electron chi connectivity index (χ2n) is 4.82. The van der Waals surface area contributed by atoms with Gasteiger partial charge in [-0.2, -0.15) is 0 Å². The molecule has 0 bridgehead atoms. The minimum atomic E-state index is 0. The van der Waals surface area contributed by atoms with Crippen LogP contribution in [0.4, 0.5) is 0 Å². The molecule has 0 radical (unpaired) electrons. The highest BCUT2D eigenvalue weighted by Crippen LogP contribution is 2.20. The lowest BCUT2D eigenvalue weighted by Gasteiger charge is -2.21. The van der Waals surface area contributed by atoms with Crippen LogP contribution in [0.2, 0.25) is 0 Å². The average molecular weight is 306 g/mol. The molecule has 100 valence electrons. The van der Waals surface area contributed by atoms with E-state index in [1.54, 1.807) is 0 Å². The Hall–Kier alpha value is -0.290. The van der Waals surface area contributed by atoms with Crippen molar-refractivity contribution in [3.05, 3.63) is 0 Å². The Balaban J connectivity index is 0.00000144. The number of aliphatic imine (C=N–C) groups is 1. The van der Waals surface area contributed by atoms with Gasteiger partial charge in [0, 0.05) is 6.04 Å². The molecule has 5 heteroatoms. The third-order valence-electron chi connectivity index (χ3n) is 3.21. The number of halogens is 1. The highest BCUT2D eigenvalue weighted by atomic mass is 79.9. The van der Waals surface area contributed by atoms with Crippen LogP contribution in [0.25, 0.3) is 0 Å². The molecule has 0 atom stereocenters. The number of guanidine groups is 1. The summed E-state index contributed by atoms with van der Waals surface area (Å²) in [7, 11) is 0. The molecule has 2 aliphatic carbocycles. The van der Waals surface area contributed by atoms with E-state index in [4.69, 9.17) is 10.5 Å². The van der Waals surface area contributed by atoms with Crippen molar-refractivity contribution < 1.29 is 4.74 Å². The SMILES string of the molecule is Br.NC(=NCCOC1CCCCC1)NC1CC1. The maximum Gasteiger partial charge on any atom is 0.188 e. The predicted molar refractivity (Wildman–Crippen MR) is 75.8 cm³/mol. The van der Waals surface area contributed by atoms with Crippen LogP contribution in [0.5, 0.6) is 0 Å². The van der Waals surface area contributed by atoms with E-state index in [0.717, 1.165) is 0 Å². The van der Waals surface area contributed by atoms with E-state index in [1.165, 1.54) is 44.9 Å². The summed E-state index contributed by atoms with van der Waals surface area (Å²) in [6, 6.07) is 0.586. The molecule has 4 nitrogen and oxygen atoms in total. The molecule has 0 amide bonds. The maximum absolute atomic E-state index is 5.76. The minimum Gasteiger partial charge on any atom is -0.376 e. The van der Waals surface area contributed by atoms with E-state index in [0.29, 0.717) is 31.3 Å². The monoisotopic (exact) mass is 305 g/mol. The summed E-state index contributed by atoms with van der Waals surface area (Å²) in [6.45, 7) is 1.39. The van der Waals surface area contributed by atoms with Crippen molar-refractivity contribution in [3.8, 4) is 0 Å². The van der Waals surface area contributed by atoms with Crippen molar-refractivity contribution >= 4 is 22.9 Å².